The zero-order chi connectivity index (χ0) is 35.3. The van der Waals surface area contributed by atoms with Gasteiger partial charge in [-0.15, -0.1) is 22.7 Å². The van der Waals surface area contributed by atoms with Crippen molar-refractivity contribution in [3.8, 4) is 33.4 Å². The minimum atomic E-state index is 1.23. The van der Waals surface area contributed by atoms with Crippen molar-refractivity contribution in [1.82, 2.24) is 0 Å². The second kappa shape index (κ2) is 11.6. The van der Waals surface area contributed by atoms with Gasteiger partial charge in [0, 0.05) is 40.3 Å². The molecule has 2 heterocycles. The summed E-state index contributed by atoms with van der Waals surface area (Å²) in [6, 6.07) is 67.9. The van der Waals surface area contributed by atoms with Gasteiger partial charge in [0.2, 0.25) is 0 Å². The van der Waals surface area contributed by atoms with E-state index < -0.39 is 0 Å². The minimum Gasteiger partial charge on any atom is -0.135 e. The van der Waals surface area contributed by atoms with Gasteiger partial charge in [0.25, 0.3) is 0 Å². The van der Waals surface area contributed by atoms with Crippen LogP contribution in [0, 0.1) is 0 Å². The van der Waals surface area contributed by atoms with E-state index >= 15 is 0 Å². The van der Waals surface area contributed by atoms with Crippen LogP contribution in [0.5, 0.6) is 0 Å². The fourth-order valence-electron chi connectivity index (χ4n) is 8.92. The zero-order valence-electron chi connectivity index (χ0n) is 29.1. The highest BCUT2D eigenvalue weighted by Crippen LogP contribution is 2.46. The highest BCUT2D eigenvalue weighted by Gasteiger charge is 2.18. The van der Waals surface area contributed by atoms with Crippen LogP contribution in [-0.4, -0.2) is 0 Å². The first-order valence-corrected chi connectivity index (χ1v) is 20.1. The molecular weight excluding hydrogens is 689 g/mol. The third-order valence-corrected chi connectivity index (χ3v) is 13.7. The van der Waals surface area contributed by atoms with Gasteiger partial charge < -0.3 is 0 Å². The van der Waals surface area contributed by atoms with Gasteiger partial charge in [-0.2, -0.15) is 0 Å². The van der Waals surface area contributed by atoms with E-state index in [-0.39, 0.29) is 0 Å². The molecule has 10 aromatic carbocycles. The Morgan fingerprint density at radius 2 is 0.722 bits per heavy atom. The molecule has 0 spiro atoms. The molecule has 2 aromatic heterocycles. The molecule has 12 aromatic rings. The van der Waals surface area contributed by atoms with Crippen molar-refractivity contribution >= 4 is 106 Å². The van der Waals surface area contributed by atoms with Gasteiger partial charge in [0.1, 0.15) is 0 Å². The number of hydrogen-bond acceptors (Lipinski definition) is 2. The first kappa shape index (κ1) is 30.2. The molecule has 12 rings (SSSR count). The normalized spacial score (nSPS) is 12.1. The van der Waals surface area contributed by atoms with E-state index in [2.05, 4.69) is 182 Å². The van der Waals surface area contributed by atoms with Crippen LogP contribution in [0.2, 0.25) is 0 Å². The number of hydrogen-bond donors (Lipinski definition) is 0. The summed E-state index contributed by atoms with van der Waals surface area (Å²) in [5.41, 5.74) is 7.58. The Labute approximate surface area is 319 Å². The number of fused-ring (bicyclic) bond motifs is 10. The van der Waals surface area contributed by atoms with Crippen LogP contribution in [0.25, 0.3) is 117 Å². The average molecular weight is 719 g/mol. The van der Waals surface area contributed by atoms with Gasteiger partial charge >= 0.3 is 0 Å². The van der Waals surface area contributed by atoms with Gasteiger partial charge in [0.05, 0.1) is 0 Å². The quantitative estimate of drug-likeness (QED) is 0.160. The van der Waals surface area contributed by atoms with Crippen molar-refractivity contribution in [2.75, 3.05) is 0 Å². The lowest BCUT2D eigenvalue weighted by Crippen LogP contribution is -1.91. The van der Waals surface area contributed by atoms with E-state index in [1.807, 2.05) is 22.7 Å². The molecule has 0 aliphatic carbocycles. The van der Waals surface area contributed by atoms with Crippen LogP contribution >= 0.6 is 22.7 Å². The van der Waals surface area contributed by atoms with Crippen LogP contribution in [-0.2, 0) is 0 Å². The smallest absolute Gasteiger partial charge is 0.0361 e. The predicted molar refractivity (Wildman–Crippen MR) is 239 cm³/mol. The minimum absolute atomic E-state index is 1.23. The van der Waals surface area contributed by atoms with Crippen molar-refractivity contribution < 1.29 is 0 Å². The molecule has 0 radical (unpaired) electrons. The zero-order valence-corrected chi connectivity index (χ0v) is 30.8. The molecule has 0 aliphatic rings. The summed E-state index contributed by atoms with van der Waals surface area (Å²) in [5.74, 6) is 0. The summed E-state index contributed by atoms with van der Waals surface area (Å²) in [7, 11) is 0. The van der Waals surface area contributed by atoms with Crippen LogP contribution < -0.4 is 0 Å². The van der Waals surface area contributed by atoms with E-state index in [1.165, 1.54) is 117 Å². The Kier molecular flexibility index (Phi) is 6.48. The molecule has 0 bridgehead atoms. The van der Waals surface area contributed by atoms with Crippen molar-refractivity contribution in [3.63, 3.8) is 0 Å². The Morgan fingerprint density at radius 3 is 1.41 bits per heavy atom. The maximum atomic E-state index is 2.42. The summed E-state index contributed by atoms with van der Waals surface area (Å²) in [6.07, 6.45) is 0. The molecule has 0 saturated carbocycles. The first-order valence-electron chi connectivity index (χ1n) is 18.5. The molecule has 0 amide bonds. The van der Waals surface area contributed by atoms with Crippen molar-refractivity contribution in [1.29, 1.82) is 0 Å². The SMILES string of the molecule is c1ccc2c(-c3c4ccccc4c(-c4ccc(-c5ccc6sc7cc8cc9c(cc8cc7c6c5)sc5ccccc59)cc4)c4ccccc34)cccc2c1. The van der Waals surface area contributed by atoms with E-state index in [0.29, 0.717) is 0 Å². The third-order valence-electron chi connectivity index (χ3n) is 11.4. The Hall–Kier alpha value is -6.32. The maximum absolute atomic E-state index is 2.42. The predicted octanol–water partition coefficient (Wildman–Crippen LogP) is 16.0. The molecule has 0 unspecified atom stereocenters. The lowest BCUT2D eigenvalue weighted by atomic mass is 9.84. The molecule has 2 heteroatoms. The summed E-state index contributed by atoms with van der Waals surface area (Å²) in [6.45, 7) is 0. The summed E-state index contributed by atoms with van der Waals surface area (Å²) < 4.78 is 5.38. The molecule has 0 saturated heterocycles. The summed E-state index contributed by atoms with van der Waals surface area (Å²) >= 11 is 3.79. The van der Waals surface area contributed by atoms with E-state index in [0.717, 1.165) is 0 Å². The monoisotopic (exact) mass is 718 g/mol. The van der Waals surface area contributed by atoms with E-state index in [1.54, 1.807) is 0 Å². The summed E-state index contributed by atoms with van der Waals surface area (Å²) in [4.78, 5) is 0. The van der Waals surface area contributed by atoms with Gasteiger partial charge in [-0.25, -0.2) is 0 Å². The molecule has 0 N–H and O–H groups in total. The number of rotatable bonds is 3. The van der Waals surface area contributed by atoms with Gasteiger partial charge in [-0.1, -0.05) is 140 Å². The molecule has 0 nitrogen and oxygen atoms in total. The van der Waals surface area contributed by atoms with Crippen LogP contribution in [0.4, 0.5) is 0 Å². The standard InChI is InChI=1S/C52H30S2/c1-2-12-37-32(10-1)11-9-18-39(37)52-42-16-5-3-14-40(42)51(41-15-4-6-17-43(41)52)33-22-20-31(21-23-33)34-24-25-48-45(26-34)46-28-36-29-49-44(27-35(36)30-50(46)54-48)38-13-7-8-19-47(38)53-49/h1-30H. The van der Waals surface area contributed by atoms with Crippen molar-refractivity contribution in [2.24, 2.45) is 0 Å². The second-order valence-corrected chi connectivity index (χ2v) is 16.6. The average Bonchev–Trinajstić information content (AvgIpc) is 3.77. The third kappa shape index (κ3) is 4.48. The van der Waals surface area contributed by atoms with Crippen LogP contribution in [0.3, 0.4) is 0 Å². The lowest BCUT2D eigenvalue weighted by Gasteiger charge is -2.19. The molecule has 54 heavy (non-hydrogen) atoms. The van der Waals surface area contributed by atoms with Gasteiger partial charge in [-0.05, 0) is 119 Å². The molecule has 0 atom stereocenters. The second-order valence-electron chi connectivity index (χ2n) is 14.4. The van der Waals surface area contributed by atoms with Crippen LogP contribution in [0.1, 0.15) is 0 Å². The fraction of sp³-hybridized carbons (Fsp3) is 0. The van der Waals surface area contributed by atoms with Crippen LogP contribution in [0.15, 0.2) is 182 Å². The topological polar surface area (TPSA) is 0 Å². The Balaban J connectivity index is 0.990. The number of benzene rings is 10. The first-order chi connectivity index (χ1) is 26.7. The van der Waals surface area contributed by atoms with Crippen molar-refractivity contribution in [3.05, 3.63) is 182 Å². The van der Waals surface area contributed by atoms with E-state index in [4.69, 9.17) is 0 Å². The highest BCUT2D eigenvalue weighted by atomic mass is 32.1. The fourth-order valence-corrected chi connectivity index (χ4v) is 11.2. The maximum Gasteiger partial charge on any atom is 0.0361 e. The molecule has 250 valence electrons. The largest absolute Gasteiger partial charge is 0.135 e. The lowest BCUT2D eigenvalue weighted by molar-refractivity contribution is 1.64. The molecular formula is C52H30S2. The van der Waals surface area contributed by atoms with E-state index in [9.17, 15) is 0 Å². The van der Waals surface area contributed by atoms with Crippen molar-refractivity contribution in [2.45, 2.75) is 0 Å². The van der Waals surface area contributed by atoms with Gasteiger partial charge in [-0.3, -0.25) is 0 Å². The molecule has 0 fully saturated rings. The Bertz CT molecular complexity index is 3430. The highest BCUT2D eigenvalue weighted by molar-refractivity contribution is 7.26. The number of thiophene rings is 2. The van der Waals surface area contributed by atoms with Gasteiger partial charge in [0.15, 0.2) is 0 Å². The summed E-state index contributed by atoms with van der Waals surface area (Å²) in [5, 5.41) is 15.7. The Morgan fingerprint density at radius 1 is 0.241 bits per heavy atom. The molecule has 0 aliphatic heterocycles.